The summed E-state index contributed by atoms with van der Waals surface area (Å²) < 4.78 is 53.9. The molecule has 0 atom stereocenters. The minimum absolute atomic E-state index is 0.168. The van der Waals surface area contributed by atoms with Crippen molar-refractivity contribution in [3.63, 3.8) is 0 Å². The fourth-order valence-electron chi connectivity index (χ4n) is 3.50. The number of ether oxygens (including phenoxy) is 2. The van der Waals surface area contributed by atoms with Crippen molar-refractivity contribution in [1.29, 1.82) is 0 Å². The molecule has 0 saturated heterocycles. The van der Waals surface area contributed by atoms with E-state index >= 15 is 0 Å². The number of hydrogen-bond donors (Lipinski definition) is 0. The van der Waals surface area contributed by atoms with E-state index in [9.17, 15) is 13.2 Å². The Bertz CT molecular complexity index is 1290. The molecule has 4 rings (SSSR count). The standard InChI is InChI=1S/C28H21F3O2/c1-32-22-12-9-20(10-13-22)25-16-15-24(27(30)28(25)31)19-6-3-18(4-7-19)5-8-21-11-14-23(33-2)17-26(21)29/h3-17H,1-2H3/b8-5+. The number of benzene rings is 4. The maximum Gasteiger partial charge on any atom is 0.167 e. The largest absolute Gasteiger partial charge is 0.497 e. The second-order valence-corrected chi connectivity index (χ2v) is 7.36. The second kappa shape index (κ2) is 9.65. The molecule has 4 aromatic rings. The third kappa shape index (κ3) is 4.77. The lowest BCUT2D eigenvalue weighted by Crippen LogP contribution is -1.94. The zero-order valence-corrected chi connectivity index (χ0v) is 18.1. The second-order valence-electron chi connectivity index (χ2n) is 7.36. The van der Waals surface area contributed by atoms with Crippen molar-refractivity contribution < 1.29 is 22.6 Å². The van der Waals surface area contributed by atoms with Crippen molar-refractivity contribution in [3.05, 3.63) is 107 Å². The molecule has 0 radical (unpaired) electrons. The normalized spacial score (nSPS) is 11.1. The highest BCUT2D eigenvalue weighted by molar-refractivity contribution is 5.75. The fourth-order valence-corrected chi connectivity index (χ4v) is 3.50. The number of methoxy groups -OCH3 is 2. The van der Waals surface area contributed by atoms with Gasteiger partial charge in [0.15, 0.2) is 11.6 Å². The van der Waals surface area contributed by atoms with Gasteiger partial charge in [0.2, 0.25) is 0 Å². The summed E-state index contributed by atoms with van der Waals surface area (Å²) in [6, 6.07) is 21.5. The summed E-state index contributed by atoms with van der Waals surface area (Å²) in [5, 5.41) is 0. The van der Waals surface area contributed by atoms with E-state index in [1.54, 1.807) is 92.1 Å². The smallest absolute Gasteiger partial charge is 0.167 e. The Balaban J connectivity index is 1.56. The molecule has 0 spiro atoms. The molecule has 0 fully saturated rings. The van der Waals surface area contributed by atoms with Gasteiger partial charge in [-0.1, -0.05) is 60.7 Å². The van der Waals surface area contributed by atoms with Gasteiger partial charge in [-0.2, -0.15) is 0 Å². The first-order chi connectivity index (χ1) is 16.0. The van der Waals surface area contributed by atoms with Gasteiger partial charge in [-0.05, 0) is 41.0 Å². The van der Waals surface area contributed by atoms with Crippen molar-refractivity contribution in [3.8, 4) is 33.8 Å². The first-order valence-corrected chi connectivity index (χ1v) is 10.2. The van der Waals surface area contributed by atoms with Crippen LogP contribution in [-0.2, 0) is 0 Å². The van der Waals surface area contributed by atoms with Crippen LogP contribution in [0.2, 0.25) is 0 Å². The summed E-state index contributed by atoms with van der Waals surface area (Å²) in [5.74, 6) is -1.12. The van der Waals surface area contributed by atoms with Gasteiger partial charge in [-0.25, -0.2) is 13.2 Å². The van der Waals surface area contributed by atoms with Crippen LogP contribution in [0.3, 0.4) is 0 Å². The molecule has 33 heavy (non-hydrogen) atoms. The Labute approximate surface area is 190 Å². The summed E-state index contributed by atoms with van der Waals surface area (Å²) in [6.45, 7) is 0. The van der Waals surface area contributed by atoms with E-state index in [2.05, 4.69) is 0 Å². The Morgan fingerprint density at radius 3 is 1.61 bits per heavy atom. The molecule has 0 unspecified atom stereocenters. The summed E-state index contributed by atoms with van der Waals surface area (Å²) in [5.41, 5.74) is 2.67. The molecule has 166 valence electrons. The Morgan fingerprint density at radius 1 is 0.576 bits per heavy atom. The highest BCUT2D eigenvalue weighted by Crippen LogP contribution is 2.32. The Kier molecular flexibility index (Phi) is 6.50. The molecular formula is C28H21F3O2. The van der Waals surface area contributed by atoms with Crippen LogP contribution in [0.1, 0.15) is 11.1 Å². The zero-order chi connectivity index (χ0) is 23.4. The molecule has 0 aliphatic heterocycles. The fraction of sp³-hybridized carbons (Fsp3) is 0.0714. The van der Waals surface area contributed by atoms with Crippen molar-refractivity contribution in [2.24, 2.45) is 0 Å². The highest BCUT2D eigenvalue weighted by Gasteiger charge is 2.16. The summed E-state index contributed by atoms with van der Waals surface area (Å²) in [4.78, 5) is 0. The zero-order valence-electron chi connectivity index (χ0n) is 18.1. The lowest BCUT2D eigenvalue weighted by Gasteiger charge is -2.10. The van der Waals surface area contributed by atoms with Crippen LogP contribution in [0.4, 0.5) is 13.2 Å². The average molecular weight is 446 g/mol. The van der Waals surface area contributed by atoms with E-state index in [1.807, 2.05) is 0 Å². The van der Waals surface area contributed by atoms with Gasteiger partial charge in [-0.3, -0.25) is 0 Å². The van der Waals surface area contributed by atoms with Crippen molar-refractivity contribution in [2.45, 2.75) is 0 Å². The van der Waals surface area contributed by atoms with Crippen molar-refractivity contribution in [1.82, 2.24) is 0 Å². The summed E-state index contributed by atoms with van der Waals surface area (Å²) in [6.07, 6.45) is 3.39. The minimum atomic E-state index is -0.910. The molecule has 2 nitrogen and oxygen atoms in total. The van der Waals surface area contributed by atoms with E-state index in [-0.39, 0.29) is 11.1 Å². The van der Waals surface area contributed by atoms with E-state index in [4.69, 9.17) is 9.47 Å². The quantitative estimate of drug-likeness (QED) is 0.284. The van der Waals surface area contributed by atoms with Gasteiger partial charge in [0, 0.05) is 22.8 Å². The molecule has 0 bridgehead atoms. The summed E-state index contributed by atoms with van der Waals surface area (Å²) in [7, 11) is 3.02. The molecule has 5 heteroatoms. The molecule has 0 heterocycles. The molecule has 0 amide bonds. The minimum Gasteiger partial charge on any atom is -0.497 e. The molecule has 0 aromatic heterocycles. The maximum atomic E-state index is 14.9. The van der Waals surface area contributed by atoms with Crippen LogP contribution in [-0.4, -0.2) is 14.2 Å². The number of halogens is 3. The third-order valence-corrected chi connectivity index (χ3v) is 5.37. The SMILES string of the molecule is COc1ccc(-c2ccc(-c3ccc(/C=C/c4ccc(OC)cc4F)cc3)c(F)c2F)cc1. The predicted molar refractivity (Wildman–Crippen MR) is 126 cm³/mol. The first-order valence-electron chi connectivity index (χ1n) is 10.2. The van der Waals surface area contributed by atoms with Crippen LogP contribution in [0.25, 0.3) is 34.4 Å². The van der Waals surface area contributed by atoms with Crippen LogP contribution in [0.15, 0.2) is 78.9 Å². The Morgan fingerprint density at radius 2 is 1.09 bits per heavy atom. The molecule has 0 saturated carbocycles. The third-order valence-electron chi connectivity index (χ3n) is 5.37. The highest BCUT2D eigenvalue weighted by atomic mass is 19.2. The van der Waals surface area contributed by atoms with Gasteiger partial charge >= 0.3 is 0 Å². The van der Waals surface area contributed by atoms with Crippen molar-refractivity contribution in [2.75, 3.05) is 14.2 Å². The van der Waals surface area contributed by atoms with Gasteiger partial charge in [0.25, 0.3) is 0 Å². The van der Waals surface area contributed by atoms with Gasteiger partial charge < -0.3 is 9.47 Å². The average Bonchev–Trinajstić information content (AvgIpc) is 2.85. The van der Waals surface area contributed by atoms with Crippen LogP contribution >= 0.6 is 0 Å². The van der Waals surface area contributed by atoms with Gasteiger partial charge in [-0.15, -0.1) is 0 Å². The monoisotopic (exact) mass is 446 g/mol. The molecule has 0 aliphatic carbocycles. The summed E-state index contributed by atoms with van der Waals surface area (Å²) >= 11 is 0. The molecule has 0 aliphatic rings. The topological polar surface area (TPSA) is 18.5 Å². The molecular weight excluding hydrogens is 425 g/mol. The lowest BCUT2D eigenvalue weighted by atomic mass is 9.98. The number of hydrogen-bond acceptors (Lipinski definition) is 2. The van der Waals surface area contributed by atoms with Crippen molar-refractivity contribution >= 4 is 12.2 Å². The molecule has 0 N–H and O–H groups in total. The Hall–Kier alpha value is -3.99. The lowest BCUT2D eigenvalue weighted by molar-refractivity contribution is 0.411. The first kappa shape index (κ1) is 22.2. The van der Waals surface area contributed by atoms with E-state index in [1.165, 1.54) is 13.2 Å². The van der Waals surface area contributed by atoms with E-state index in [0.29, 0.717) is 28.2 Å². The predicted octanol–water partition coefficient (Wildman–Crippen LogP) is 7.63. The van der Waals surface area contributed by atoms with Crippen LogP contribution in [0.5, 0.6) is 11.5 Å². The van der Waals surface area contributed by atoms with Crippen LogP contribution in [0, 0.1) is 17.5 Å². The van der Waals surface area contributed by atoms with Crippen LogP contribution < -0.4 is 9.47 Å². The van der Waals surface area contributed by atoms with E-state index in [0.717, 1.165) is 5.56 Å². The number of rotatable bonds is 6. The van der Waals surface area contributed by atoms with Gasteiger partial charge in [0.05, 0.1) is 14.2 Å². The van der Waals surface area contributed by atoms with E-state index < -0.39 is 17.5 Å². The van der Waals surface area contributed by atoms with Gasteiger partial charge in [0.1, 0.15) is 17.3 Å². The molecule has 4 aromatic carbocycles. The maximum absolute atomic E-state index is 14.9.